The van der Waals surface area contributed by atoms with E-state index in [1.54, 1.807) is 12.3 Å². The van der Waals surface area contributed by atoms with Crippen molar-refractivity contribution in [3.05, 3.63) is 47.9 Å². The number of nitrogens with two attached hydrogens (primary N) is 1. The minimum Gasteiger partial charge on any atom is -0.384 e. The van der Waals surface area contributed by atoms with E-state index in [4.69, 9.17) is 15.7 Å². The molecule has 27 heavy (non-hydrogen) atoms. The van der Waals surface area contributed by atoms with Crippen LogP contribution >= 0.6 is 0 Å². The van der Waals surface area contributed by atoms with E-state index in [0.29, 0.717) is 24.0 Å². The molecule has 3 N–H and O–H groups in total. The van der Waals surface area contributed by atoms with Gasteiger partial charge in [-0.05, 0) is 36.5 Å². The Bertz CT molecular complexity index is 840. The van der Waals surface area contributed by atoms with Crippen molar-refractivity contribution < 1.29 is 0 Å². The molecule has 0 bridgehead atoms. The lowest BCUT2D eigenvalue weighted by Crippen LogP contribution is -2.47. The number of allylic oxidation sites excluding steroid dienone is 1. The molecule has 0 spiro atoms. The summed E-state index contributed by atoms with van der Waals surface area (Å²) in [5.41, 5.74) is 8.71. The van der Waals surface area contributed by atoms with Crippen molar-refractivity contribution in [1.82, 2.24) is 15.2 Å². The van der Waals surface area contributed by atoms with Crippen molar-refractivity contribution >= 4 is 23.7 Å². The number of nitrogens with one attached hydrogen (secondary N) is 1. The molecule has 2 fully saturated rings. The Morgan fingerprint density at radius 3 is 2.85 bits per heavy atom. The average Bonchev–Trinajstić information content (AvgIpc) is 3.54. The van der Waals surface area contributed by atoms with Crippen LogP contribution in [0.15, 0.2) is 57.4 Å². The van der Waals surface area contributed by atoms with Gasteiger partial charge in [0.25, 0.3) is 0 Å². The van der Waals surface area contributed by atoms with Crippen molar-refractivity contribution in [2.75, 3.05) is 31.9 Å². The van der Waals surface area contributed by atoms with Gasteiger partial charge in [0.05, 0.1) is 5.70 Å². The zero-order valence-corrected chi connectivity index (χ0v) is 15.4. The molecule has 1 aromatic heterocycles. The number of piperazine rings is 1. The molecule has 1 saturated heterocycles. The maximum Gasteiger partial charge on any atom is 0.161 e. The molecule has 2 aliphatic heterocycles. The second kappa shape index (κ2) is 7.84. The van der Waals surface area contributed by atoms with Crippen molar-refractivity contribution in [2.24, 2.45) is 20.9 Å². The van der Waals surface area contributed by atoms with E-state index >= 15 is 0 Å². The number of hydrogen-bond acceptors (Lipinski definition) is 7. The minimum atomic E-state index is 0.462. The average molecular weight is 363 g/mol. The van der Waals surface area contributed by atoms with Gasteiger partial charge in [0.2, 0.25) is 0 Å². The first kappa shape index (κ1) is 17.6. The summed E-state index contributed by atoms with van der Waals surface area (Å²) in [7, 11) is 0. The molecule has 4 rings (SSSR count). The van der Waals surface area contributed by atoms with Crippen LogP contribution in [0.4, 0.5) is 5.82 Å². The smallest absolute Gasteiger partial charge is 0.161 e. The Morgan fingerprint density at radius 1 is 1.30 bits per heavy atom. The molecular weight excluding hydrogens is 338 g/mol. The molecule has 7 nitrogen and oxygen atoms in total. The summed E-state index contributed by atoms with van der Waals surface area (Å²) >= 11 is 0. The number of aromatic nitrogens is 1. The van der Waals surface area contributed by atoms with E-state index in [1.165, 1.54) is 12.8 Å². The van der Waals surface area contributed by atoms with Gasteiger partial charge < -0.3 is 16.0 Å². The first-order valence-electron chi connectivity index (χ1n) is 9.44. The number of rotatable bonds is 4. The molecule has 1 saturated carbocycles. The summed E-state index contributed by atoms with van der Waals surface area (Å²) in [5.74, 6) is 2.77. The second-order valence-corrected chi connectivity index (χ2v) is 7.09. The van der Waals surface area contributed by atoms with Crippen LogP contribution in [0.25, 0.3) is 0 Å². The molecule has 140 valence electrons. The highest BCUT2D eigenvalue weighted by molar-refractivity contribution is 6.09. The van der Waals surface area contributed by atoms with Crippen molar-refractivity contribution in [2.45, 2.75) is 19.3 Å². The van der Waals surface area contributed by atoms with Gasteiger partial charge in [0.15, 0.2) is 5.84 Å². The first-order chi connectivity index (χ1) is 13.2. The van der Waals surface area contributed by atoms with Gasteiger partial charge in [-0.25, -0.2) is 15.0 Å². The van der Waals surface area contributed by atoms with Gasteiger partial charge in [-0.1, -0.05) is 6.58 Å². The lowest BCUT2D eigenvalue weighted by molar-refractivity contribution is 0.353. The van der Waals surface area contributed by atoms with E-state index in [9.17, 15) is 0 Å². The summed E-state index contributed by atoms with van der Waals surface area (Å²) < 4.78 is 0. The van der Waals surface area contributed by atoms with E-state index in [-0.39, 0.29) is 0 Å². The molecular formula is C20H25N7. The number of nitrogens with zero attached hydrogens (tertiary/aromatic N) is 5. The Hall–Kier alpha value is -2.80. The third kappa shape index (κ3) is 4.49. The lowest BCUT2D eigenvalue weighted by atomic mass is 10.1. The number of amidine groups is 2. The fourth-order valence-electron chi connectivity index (χ4n) is 3.20. The molecule has 3 aliphatic rings. The van der Waals surface area contributed by atoms with Crippen molar-refractivity contribution in [3.8, 4) is 0 Å². The predicted octanol–water partition coefficient (Wildman–Crippen LogP) is 2.00. The molecule has 1 aromatic rings. The van der Waals surface area contributed by atoms with Crippen LogP contribution in [0.2, 0.25) is 0 Å². The van der Waals surface area contributed by atoms with E-state index in [2.05, 4.69) is 26.8 Å². The first-order valence-corrected chi connectivity index (χ1v) is 9.44. The summed E-state index contributed by atoms with van der Waals surface area (Å²) in [4.78, 5) is 20.4. The van der Waals surface area contributed by atoms with Crippen LogP contribution in [-0.4, -0.2) is 53.9 Å². The molecule has 3 heterocycles. The van der Waals surface area contributed by atoms with Gasteiger partial charge in [0.1, 0.15) is 11.7 Å². The van der Waals surface area contributed by atoms with Gasteiger partial charge in [0, 0.05) is 56.8 Å². The Morgan fingerprint density at radius 2 is 2.11 bits per heavy atom. The fraction of sp³-hybridized carbons (Fsp3) is 0.400. The molecule has 0 radical (unpaired) electrons. The highest BCUT2D eigenvalue weighted by Gasteiger charge is 2.23. The predicted molar refractivity (Wildman–Crippen MR) is 110 cm³/mol. The molecule has 7 heteroatoms. The molecule has 0 unspecified atom stereocenters. The number of pyridine rings is 1. The van der Waals surface area contributed by atoms with Crippen LogP contribution < -0.4 is 11.1 Å². The van der Waals surface area contributed by atoms with Gasteiger partial charge in [-0.2, -0.15) is 0 Å². The van der Waals surface area contributed by atoms with Gasteiger partial charge >= 0.3 is 0 Å². The highest BCUT2D eigenvalue weighted by Crippen LogP contribution is 2.34. The summed E-state index contributed by atoms with van der Waals surface area (Å²) in [6.45, 7) is 7.90. The lowest BCUT2D eigenvalue weighted by Gasteiger charge is -2.31. The maximum atomic E-state index is 5.84. The highest BCUT2D eigenvalue weighted by atomic mass is 15.2. The summed E-state index contributed by atoms with van der Waals surface area (Å²) in [6, 6.07) is 3.69. The summed E-state index contributed by atoms with van der Waals surface area (Å²) in [5, 5.41) is 3.38. The number of anilines is 1. The quantitative estimate of drug-likeness (QED) is 0.801. The van der Waals surface area contributed by atoms with Crippen molar-refractivity contribution in [3.63, 3.8) is 0 Å². The standard InChI is InChI=1S/C20H25N7/c1-14(15-2-3-15)12-23-13-17-11-19(27-8-6-22-7-9-27)26-20(25-17)16-4-5-24-18(21)10-16/h4-5,10,12-13,15,22H,1-3,6-9,11H2,(H2,21,24)/b17-13+,23-12-. The largest absolute Gasteiger partial charge is 0.384 e. The molecule has 0 aromatic carbocycles. The van der Waals surface area contributed by atoms with Crippen LogP contribution in [0, 0.1) is 5.92 Å². The third-order valence-electron chi connectivity index (χ3n) is 4.91. The Labute approximate surface area is 159 Å². The van der Waals surface area contributed by atoms with Crippen LogP contribution in [0.1, 0.15) is 24.8 Å². The van der Waals surface area contributed by atoms with Crippen LogP contribution in [0.3, 0.4) is 0 Å². The number of hydrogen-bond donors (Lipinski definition) is 2. The maximum absolute atomic E-state index is 5.84. The minimum absolute atomic E-state index is 0.462. The van der Waals surface area contributed by atoms with E-state index < -0.39 is 0 Å². The number of nitrogen functional groups attached to an aromatic ring is 1. The Kier molecular flexibility index (Phi) is 5.11. The van der Waals surface area contributed by atoms with Crippen LogP contribution in [0.5, 0.6) is 0 Å². The normalized spacial score (nSPS) is 22.1. The SMILES string of the molecule is C=C(/C=N\C=C1/CC(N2CCNCC2)=NC(c2ccnc(N)c2)=N1)C1CC1. The van der Waals surface area contributed by atoms with Crippen molar-refractivity contribution in [1.29, 1.82) is 0 Å². The molecule has 0 atom stereocenters. The van der Waals surface area contributed by atoms with Gasteiger partial charge in [-0.15, -0.1) is 0 Å². The van der Waals surface area contributed by atoms with Crippen LogP contribution in [-0.2, 0) is 0 Å². The fourth-order valence-corrected chi connectivity index (χ4v) is 3.20. The summed E-state index contributed by atoms with van der Waals surface area (Å²) in [6.07, 6.45) is 8.51. The zero-order valence-electron chi connectivity index (χ0n) is 15.4. The molecule has 1 aliphatic carbocycles. The van der Waals surface area contributed by atoms with E-state index in [1.807, 2.05) is 18.5 Å². The third-order valence-corrected chi connectivity index (χ3v) is 4.91. The van der Waals surface area contributed by atoms with Gasteiger partial charge in [-0.3, -0.25) is 4.99 Å². The Balaban J connectivity index is 1.61. The second-order valence-electron chi connectivity index (χ2n) is 7.09. The topological polar surface area (TPSA) is 91.3 Å². The monoisotopic (exact) mass is 363 g/mol. The zero-order chi connectivity index (χ0) is 18.6. The number of aliphatic imine (C=N–C) groups is 3. The molecule has 0 amide bonds. The van der Waals surface area contributed by atoms with E-state index in [0.717, 1.165) is 48.8 Å².